The lowest BCUT2D eigenvalue weighted by atomic mass is 9.87. The molecule has 0 heterocycles. The molecule has 0 fully saturated rings. The number of hydrogen-bond acceptors (Lipinski definition) is 3. The standard InChI is InChI=1S/C17H15F3O3/c18-12-7-14(19)16(15(20)8-12)17(23,10-21)9-13(22)6-11-4-2-1-3-5-11/h1-5,7-8,21,23H,6,9-10H2. The molecule has 0 saturated heterocycles. The fraction of sp³-hybridized carbons (Fsp3) is 0.235. The number of benzene rings is 2. The van der Waals surface area contributed by atoms with Crippen LogP contribution in [0.15, 0.2) is 42.5 Å². The molecule has 122 valence electrons. The molecule has 0 aromatic heterocycles. The smallest absolute Gasteiger partial charge is 0.140 e. The highest BCUT2D eigenvalue weighted by Crippen LogP contribution is 2.31. The van der Waals surface area contributed by atoms with Crippen LogP contribution >= 0.6 is 0 Å². The van der Waals surface area contributed by atoms with Crippen molar-refractivity contribution in [3.63, 3.8) is 0 Å². The average Bonchev–Trinajstić information content (AvgIpc) is 2.46. The molecule has 0 spiro atoms. The molecule has 0 bridgehead atoms. The van der Waals surface area contributed by atoms with Crippen molar-refractivity contribution < 1.29 is 28.2 Å². The number of carbonyl (C=O) groups excluding carboxylic acids is 1. The summed E-state index contributed by atoms with van der Waals surface area (Å²) in [4.78, 5) is 12.1. The third-order valence-corrected chi connectivity index (χ3v) is 3.47. The fourth-order valence-corrected chi connectivity index (χ4v) is 2.42. The molecular weight excluding hydrogens is 309 g/mol. The highest BCUT2D eigenvalue weighted by atomic mass is 19.1. The second kappa shape index (κ2) is 6.93. The van der Waals surface area contributed by atoms with Crippen molar-refractivity contribution in [1.29, 1.82) is 0 Å². The Balaban J connectivity index is 2.26. The number of ketones is 1. The number of carbonyl (C=O) groups is 1. The summed E-state index contributed by atoms with van der Waals surface area (Å²) in [6, 6.07) is 9.37. The third kappa shape index (κ3) is 3.97. The molecule has 6 heteroatoms. The lowest BCUT2D eigenvalue weighted by Gasteiger charge is -2.26. The Bertz CT molecular complexity index is 680. The van der Waals surface area contributed by atoms with Gasteiger partial charge in [-0.05, 0) is 5.56 Å². The predicted octanol–water partition coefficient (Wildman–Crippen LogP) is 2.49. The van der Waals surface area contributed by atoms with Gasteiger partial charge in [-0.15, -0.1) is 0 Å². The lowest BCUT2D eigenvalue weighted by molar-refractivity contribution is -0.126. The zero-order chi connectivity index (χ0) is 17.0. The second-order valence-electron chi connectivity index (χ2n) is 5.31. The Morgan fingerprint density at radius 2 is 1.61 bits per heavy atom. The van der Waals surface area contributed by atoms with E-state index < -0.39 is 47.4 Å². The van der Waals surface area contributed by atoms with Crippen molar-refractivity contribution in [2.75, 3.05) is 6.61 Å². The Morgan fingerprint density at radius 3 is 2.13 bits per heavy atom. The van der Waals surface area contributed by atoms with Gasteiger partial charge in [0.05, 0.1) is 12.2 Å². The van der Waals surface area contributed by atoms with Gasteiger partial charge in [0.2, 0.25) is 0 Å². The minimum atomic E-state index is -2.45. The van der Waals surface area contributed by atoms with Crippen LogP contribution in [0.4, 0.5) is 13.2 Å². The van der Waals surface area contributed by atoms with Crippen molar-refractivity contribution in [2.45, 2.75) is 18.4 Å². The van der Waals surface area contributed by atoms with E-state index in [0.29, 0.717) is 17.7 Å². The first-order valence-electron chi connectivity index (χ1n) is 6.89. The van der Waals surface area contributed by atoms with Gasteiger partial charge in [0.1, 0.15) is 28.8 Å². The van der Waals surface area contributed by atoms with Crippen LogP contribution in [0.3, 0.4) is 0 Å². The summed E-state index contributed by atoms with van der Waals surface area (Å²) in [5.41, 5.74) is -2.70. The van der Waals surface area contributed by atoms with E-state index in [-0.39, 0.29) is 6.42 Å². The van der Waals surface area contributed by atoms with Gasteiger partial charge in [-0.2, -0.15) is 0 Å². The van der Waals surface area contributed by atoms with E-state index >= 15 is 0 Å². The molecule has 1 unspecified atom stereocenters. The highest BCUT2D eigenvalue weighted by molar-refractivity contribution is 5.82. The number of hydrogen-bond donors (Lipinski definition) is 2. The van der Waals surface area contributed by atoms with E-state index in [1.54, 1.807) is 30.3 Å². The van der Waals surface area contributed by atoms with Crippen LogP contribution in [0.25, 0.3) is 0 Å². The molecule has 0 aliphatic carbocycles. The first-order valence-corrected chi connectivity index (χ1v) is 6.89. The minimum absolute atomic E-state index is 0.0619. The van der Waals surface area contributed by atoms with Crippen LogP contribution in [0.1, 0.15) is 17.5 Å². The number of halogens is 3. The molecule has 0 radical (unpaired) electrons. The number of aliphatic hydroxyl groups excluding tert-OH is 1. The van der Waals surface area contributed by atoms with Crippen LogP contribution in [-0.4, -0.2) is 22.6 Å². The Hall–Kier alpha value is -2.18. The third-order valence-electron chi connectivity index (χ3n) is 3.47. The first-order chi connectivity index (χ1) is 10.9. The zero-order valence-electron chi connectivity index (χ0n) is 12.1. The molecule has 2 N–H and O–H groups in total. The average molecular weight is 324 g/mol. The van der Waals surface area contributed by atoms with E-state index in [9.17, 15) is 28.2 Å². The fourth-order valence-electron chi connectivity index (χ4n) is 2.42. The Labute approximate surface area is 131 Å². The number of Topliss-reactive ketones (excluding diaryl/α,β-unsaturated/α-hetero) is 1. The molecule has 0 amide bonds. The Kier molecular flexibility index (Phi) is 5.18. The van der Waals surface area contributed by atoms with Gasteiger partial charge < -0.3 is 10.2 Å². The monoisotopic (exact) mass is 324 g/mol. The molecule has 23 heavy (non-hydrogen) atoms. The van der Waals surface area contributed by atoms with Crippen LogP contribution in [0.2, 0.25) is 0 Å². The summed E-state index contributed by atoms with van der Waals surface area (Å²) in [7, 11) is 0. The molecule has 2 aromatic rings. The summed E-state index contributed by atoms with van der Waals surface area (Å²) in [5.74, 6) is -4.38. The topological polar surface area (TPSA) is 57.5 Å². The van der Waals surface area contributed by atoms with Crippen molar-refractivity contribution in [3.8, 4) is 0 Å². The summed E-state index contributed by atoms with van der Waals surface area (Å²) in [5, 5.41) is 19.7. The van der Waals surface area contributed by atoms with Crippen molar-refractivity contribution in [1.82, 2.24) is 0 Å². The quantitative estimate of drug-likeness (QED) is 0.858. The van der Waals surface area contributed by atoms with Crippen molar-refractivity contribution in [3.05, 3.63) is 71.0 Å². The first kappa shape index (κ1) is 17.2. The normalized spacial score (nSPS) is 13.6. The molecule has 0 aliphatic rings. The summed E-state index contributed by atoms with van der Waals surface area (Å²) in [6.07, 6.45) is -0.758. The molecule has 3 nitrogen and oxygen atoms in total. The maximum absolute atomic E-state index is 13.8. The maximum atomic E-state index is 13.8. The molecule has 0 aliphatic heterocycles. The minimum Gasteiger partial charge on any atom is -0.393 e. The molecule has 0 saturated carbocycles. The SMILES string of the molecule is O=C(Cc1ccccc1)CC(O)(CO)c1c(F)cc(F)cc1F. The lowest BCUT2D eigenvalue weighted by Crippen LogP contribution is -2.35. The molecule has 2 aromatic carbocycles. The molecular formula is C17H15F3O3. The number of rotatable bonds is 6. The van der Waals surface area contributed by atoms with Crippen molar-refractivity contribution >= 4 is 5.78 Å². The van der Waals surface area contributed by atoms with E-state index in [1.165, 1.54) is 0 Å². The Morgan fingerprint density at radius 1 is 1.04 bits per heavy atom. The predicted molar refractivity (Wildman–Crippen MR) is 77.1 cm³/mol. The summed E-state index contributed by atoms with van der Waals surface area (Å²) >= 11 is 0. The van der Waals surface area contributed by atoms with Gasteiger partial charge in [-0.1, -0.05) is 30.3 Å². The van der Waals surface area contributed by atoms with Crippen molar-refractivity contribution in [2.24, 2.45) is 0 Å². The van der Waals surface area contributed by atoms with Crippen LogP contribution in [0, 0.1) is 17.5 Å². The van der Waals surface area contributed by atoms with Gasteiger partial charge in [-0.3, -0.25) is 4.79 Å². The van der Waals surface area contributed by atoms with Gasteiger partial charge in [-0.25, -0.2) is 13.2 Å². The van der Waals surface area contributed by atoms with Crippen LogP contribution in [0.5, 0.6) is 0 Å². The zero-order valence-corrected chi connectivity index (χ0v) is 12.1. The van der Waals surface area contributed by atoms with Gasteiger partial charge in [0, 0.05) is 25.0 Å². The summed E-state index contributed by atoms with van der Waals surface area (Å²) in [6.45, 7) is -1.08. The molecule has 2 rings (SSSR count). The molecule has 1 atom stereocenters. The highest BCUT2D eigenvalue weighted by Gasteiger charge is 2.37. The second-order valence-corrected chi connectivity index (χ2v) is 5.31. The van der Waals surface area contributed by atoms with E-state index in [1.807, 2.05) is 0 Å². The van der Waals surface area contributed by atoms with E-state index in [4.69, 9.17) is 0 Å². The van der Waals surface area contributed by atoms with Crippen LogP contribution in [-0.2, 0) is 16.8 Å². The summed E-state index contributed by atoms with van der Waals surface area (Å²) < 4.78 is 40.6. The number of aliphatic hydroxyl groups is 2. The van der Waals surface area contributed by atoms with E-state index in [2.05, 4.69) is 0 Å². The van der Waals surface area contributed by atoms with Crippen LogP contribution < -0.4 is 0 Å². The van der Waals surface area contributed by atoms with Gasteiger partial charge in [0.15, 0.2) is 0 Å². The van der Waals surface area contributed by atoms with Gasteiger partial charge >= 0.3 is 0 Å². The van der Waals surface area contributed by atoms with Gasteiger partial charge in [0.25, 0.3) is 0 Å². The largest absolute Gasteiger partial charge is 0.393 e. The van der Waals surface area contributed by atoms with E-state index in [0.717, 1.165) is 0 Å². The maximum Gasteiger partial charge on any atom is 0.140 e.